The lowest BCUT2D eigenvalue weighted by Crippen LogP contribution is -2.34. The van der Waals surface area contributed by atoms with Gasteiger partial charge in [-0.05, 0) is 36.8 Å². The van der Waals surface area contributed by atoms with Crippen molar-refractivity contribution >= 4 is 0 Å². The van der Waals surface area contributed by atoms with Crippen molar-refractivity contribution in [2.45, 2.75) is 90.3 Å². The van der Waals surface area contributed by atoms with Crippen LogP contribution in [0, 0.1) is 23.6 Å². The summed E-state index contributed by atoms with van der Waals surface area (Å²) >= 11 is 0. The Balaban J connectivity index is 1.28. The average Bonchev–Trinajstić information content (AvgIpc) is 2.74. The highest BCUT2D eigenvalue weighted by molar-refractivity contribution is 5.17. The summed E-state index contributed by atoms with van der Waals surface area (Å²) in [5.41, 5.74) is 0.915. The first-order valence-electron chi connectivity index (χ1n) is 11.7. The molecule has 2 fully saturated rings. The van der Waals surface area contributed by atoms with Crippen LogP contribution < -0.4 is 0 Å². The van der Waals surface area contributed by atoms with Crippen LogP contribution in [0.15, 0.2) is 24.3 Å². The Kier molecular flexibility index (Phi) is 9.27. The van der Waals surface area contributed by atoms with E-state index < -0.39 is 0 Å². The molecule has 0 aromatic heterocycles. The number of hydrogen-bond donors (Lipinski definition) is 0. The molecule has 0 atom stereocenters. The van der Waals surface area contributed by atoms with Crippen molar-refractivity contribution in [3.05, 3.63) is 35.6 Å². The van der Waals surface area contributed by atoms with E-state index in [1.54, 1.807) is 12.1 Å². The minimum absolute atomic E-state index is 0.217. The molecule has 2 aliphatic rings. The molecule has 1 saturated heterocycles. The first-order chi connectivity index (χ1) is 13.8. The van der Waals surface area contributed by atoms with Gasteiger partial charge in [0.25, 0.3) is 0 Å². The molecule has 0 spiro atoms. The number of halogens is 1. The van der Waals surface area contributed by atoms with E-state index in [1.165, 1.54) is 89.2 Å². The first-order valence-corrected chi connectivity index (χ1v) is 11.7. The van der Waals surface area contributed by atoms with Crippen LogP contribution in [0.1, 0.15) is 95.8 Å². The summed E-state index contributed by atoms with van der Waals surface area (Å²) in [6.07, 6.45) is 16.4. The van der Waals surface area contributed by atoms with Gasteiger partial charge >= 0.3 is 0 Å². The number of unbranched alkanes of at least 4 members (excludes halogenated alkanes) is 6. The van der Waals surface area contributed by atoms with Crippen molar-refractivity contribution < 1.29 is 13.9 Å². The number of ether oxygens (including phenoxy) is 2. The van der Waals surface area contributed by atoms with E-state index in [-0.39, 0.29) is 12.1 Å². The normalized spacial score (nSPS) is 28.4. The number of hydrogen-bond acceptors (Lipinski definition) is 2. The van der Waals surface area contributed by atoms with E-state index >= 15 is 0 Å². The highest BCUT2D eigenvalue weighted by Crippen LogP contribution is 2.38. The molecule has 28 heavy (non-hydrogen) atoms. The van der Waals surface area contributed by atoms with Crippen molar-refractivity contribution in [3.63, 3.8) is 0 Å². The second-order valence-electron chi connectivity index (χ2n) is 9.00. The van der Waals surface area contributed by atoms with Gasteiger partial charge in [-0.1, -0.05) is 83.3 Å². The molecule has 3 heteroatoms. The molecule has 1 aliphatic heterocycles. The summed E-state index contributed by atoms with van der Waals surface area (Å²) in [7, 11) is 0. The van der Waals surface area contributed by atoms with Gasteiger partial charge in [-0.25, -0.2) is 4.39 Å². The van der Waals surface area contributed by atoms with Crippen molar-refractivity contribution in [1.29, 1.82) is 0 Å². The van der Waals surface area contributed by atoms with Crippen LogP contribution in [0.25, 0.3) is 0 Å². The zero-order valence-electron chi connectivity index (χ0n) is 17.7. The lowest BCUT2D eigenvalue weighted by Gasteiger charge is -2.38. The second-order valence-corrected chi connectivity index (χ2v) is 9.00. The molecule has 0 bridgehead atoms. The average molecular weight is 391 g/mol. The van der Waals surface area contributed by atoms with Gasteiger partial charge in [-0.2, -0.15) is 0 Å². The maximum Gasteiger partial charge on any atom is 0.183 e. The quantitative estimate of drug-likeness (QED) is 0.387. The molecule has 0 radical (unpaired) electrons. The molecule has 1 saturated carbocycles. The Morgan fingerprint density at radius 2 is 1.39 bits per heavy atom. The molecule has 3 rings (SSSR count). The third-order valence-corrected chi connectivity index (χ3v) is 6.84. The summed E-state index contributed by atoms with van der Waals surface area (Å²) in [5, 5.41) is 0. The predicted octanol–water partition coefficient (Wildman–Crippen LogP) is 7.43. The van der Waals surface area contributed by atoms with Gasteiger partial charge in [-0.15, -0.1) is 0 Å². The van der Waals surface area contributed by atoms with E-state index in [2.05, 4.69) is 6.92 Å². The Morgan fingerprint density at radius 1 is 0.786 bits per heavy atom. The van der Waals surface area contributed by atoms with E-state index in [4.69, 9.17) is 9.47 Å². The molecule has 158 valence electrons. The molecule has 1 aromatic rings. The summed E-state index contributed by atoms with van der Waals surface area (Å²) in [6, 6.07) is 6.46. The van der Waals surface area contributed by atoms with Crippen LogP contribution in [0.3, 0.4) is 0 Å². The Morgan fingerprint density at radius 3 is 2.04 bits per heavy atom. The van der Waals surface area contributed by atoms with E-state index in [0.717, 1.165) is 30.6 Å². The molecular formula is C25H39FO2. The summed E-state index contributed by atoms with van der Waals surface area (Å²) in [6.45, 7) is 3.83. The van der Waals surface area contributed by atoms with Crippen LogP contribution in [0.4, 0.5) is 4.39 Å². The molecule has 2 nitrogen and oxygen atoms in total. The van der Waals surface area contributed by atoms with E-state index in [9.17, 15) is 4.39 Å². The highest BCUT2D eigenvalue weighted by atomic mass is 19.1. The molecule has 0 amide bonds. The zero-order valence-corrected chi connectivity index (χ0v) is 17.7. The standard InChI is InChI=1S/C25H39FO2/c1-2-3-4-5-6-7-8-9-20-10-12-21(13-11-20)23-18-27-25(28-19-23)22-14-16-24(26)17-15-22/h14-17,20-21,23,25H,2-13,18-19H2,1H3. The summed E-state index contributed by atoms with van der Waals surface area (Å²) in [4.78, 5) is 0. The fraction of sp³-hybridized carbons (Fsp3) is 0.760. The van der Waals surface area contributed by atoms with E-state index in [0.29, 0.717) is 5.92 Å². The molecule has 1 heterocycles. The smallest absolute Gasteiger partial charge is 0.183 e. The fourth-order valence-electron chi connectivity index (χ4n) is 4.94. The lowest BCUT2D eigenvalue weighted by atomic mass is 9.74. The topological polar surface area (TPSA) is 18.5 Å². The monoisotopic (exact) mass is 390 g/mol. The second kappa shape index (κ2) is 11.9. The summed E-state index contributed by atoms with van der Waals surface area (Å²) < 4.78 is 25.0. The fourth-order valence-corrected chi connectivity index (χ4v) is 4.94. The minimum atomic E-state index is -0.328. The first kappa shape index (κ1) is 21.8. The van der Waals surface area contributed by atoms with Crippen LogP contribution in [0.5, 0.6) is 0 Å². The van der Waals surface area contributed by atoms with Crippen LogP contribution >= 0.6 is 0 Å². The Labute approximate surface area is 171 Å². The van der Waals surface area contributed by atoms with Crippen LogP contribution in [0.2, 0.25) is 0 Å². The maximum atomic E-state index is 13.1. The van der Waals surface area contributed by atoms with Crippen molar-refractivity contribution in [1.82, 2.24) is 0 Å². The third kappa shape index (κ3) is 6.84. The third-order valence-electron chi connectivity index (χ3n) is 6.84. The highest BCUT2D eigenvalue weighted by Gasteiger charge is 2.32. The molecule has 1 aromatic carbocycles. The Hall–Kier alpha value is -0.930. The van der Waals surface area contributed by atoms with Crippen LogP contribution in [-0.4, -0.2) is 13.2 Å². The lowest BCUT2D eigenvalue weighted by molar-refractivity contribution is -0.214. The maximum absolute atomic E-state index is 13.1. The van der Waals surface area contributed by atoms with Crippen molar-refractivity contribution in [3.8, 4) is 0 Å². The van der Waals surface area contributed by atoms with Gasteiger partial charge in [-0.3, -0.25) is 0 Å². The van der Waals surface area contributed by atoms with Crippen molar-refractivity contribution in [2.75, 3.05) is 13.2 Å². The molecular weight excluding hydrogens is 351 g/mol. The number of rotatable bonds is 10. The van der Waals surface area contributed by atoms with Gasteiger partial charge in [0, 0.05) is 11.5 Å². The molecule has 0 unspecified atom stereocenters. The number of benzene rings is 1. The Bertz CT molecular complexity index is 528. The molecule has 0 N–H and O–H groups in total. The van der Waals surface area contributed by atoms with Gasteiger partial charge in [0.05, 0.1) is 13.2 Å². The summed E-state index contributed by atoms with van der Waals surface area (Å²) in [5.74, 6) is 2.01. The van der Waals surface area contributed by atoms with E-state index in [1.807, 2.05) is 0 Å². The SMILES string of the molecule is CCCCCCCCCC1CCC(C2COC(c3ccc(F)cc3)OC2)CC1. The van der Waals surface area contributed by atoms with Crippen LogP contribution in [-0.2, 0) is 9.47 Å². The van der Waals surface area contributed by atoms with Gasteiger partial charge < -0.3 is 9.47 Å². The van der Waals surface area contributed by atoms with Crippen molar-refractivity contribution in [2.24, 2.45) is 17.8 Å². The minimum Gasteiger partial charge on any atom is -0.348 e. The van der Waals surface area contributed by atoms with Gasteiger partial charge in [0.1, 0.15) is 5.82 Å². The largest absolute Gasteiger partial charge is 0.348 e. The van der Waals surface area contributed by atoms with Gasteiger partial charge in [0.15, 0.2) is 6.29 Å². The predicted molar refractivity (Wildman–Crippen MR) is 113 cm³/mol. The molecule has 1 aliphatic carbocycles. The zero-order chi connectivity index (χ0) is 19.6. The van der Waals surface area contributed by atoms with Gasteiger partial charge in [0.2, 0.25) is 0 Å².